The monoisotopic (exact) mass is 212 g/mol. The van der Waals surface area contributed by atoms with Crippen molar-refractivity contribution in [2.75, 3.05) is 0 Å². The summed E-state index contributed by atoms with van der Waals surface area (Å²) in [6, 6.07) is 9.04. The summed E-state index contributed by atoms with van der Waals surface area (Å²) in [7, 11) is 0. The first-order valence-corrected chi connectivity index (χ1v) is 5.69. The molecule has 0 saturated carbocycles. The van der Waals surface area contributed by atoms with Gasteiger partial charge in [-0.3, -0.25) is 0 Å². The average Bonchev–Trinajstić information content (AvgIpc) is 2.47. The van der Waals surface area contributed by atoms with E-state index < -0.39 is 0 Å². The van der Waals surface area contributed by atoms with Crippen molar-refractivity contribution in [2.24, 2.45) is 0 Å². The molecule has 0 heterocycles. The molecule has 0 bridgehead atoms. The molecule has 2 N–H and O–H groups in total. The molecule has 1 aliphatic carbocycles. The van der Waals surface area contributed by atoms with Crippen LogP contribution in [-0.4, -0.2) is 6.04 Å². The third kappa shape index (κ3) is 2.94. The van der Waals surface area contributed by atoms with Gasteiger partial charge < -0.3 is 5.32 Å². The number of hydrogen-bond acceptors (Lipinski definition) is 0. The second-order valence-electron chi connectivity index (χ2n) is 4.31. The van der Waals surface area contributed by atoms with Crippen LogP contribution in [0.2, 0.25) is 0 Å². The van der Waals surface area contributed by atoms with Gasteiger partial charge in [-0.1, -0.05) is 41.5 Å². The van der Waals surface area contributed by atoms with Gasteiger partial charge in [-0.2, -0.15) is 0 Å². The van der Waals surface area contributed by atoms with E-state index in [1.807, 2.05) is 0 Å². The average molecular weight is 212 g/mol. The molecule has 1 heteroatoms. The molecular formula is C15H18N+. The first kappa shape index (κ1) is 10.9. The van der Waals surface area contributed by atoms with Gasteiger partial charge in [0.2, 0.25) is 0 Å². The van der Waals surface area contributed by atoms with Crippen LogP contribution in [0.25, 0.3) is 0 Å². The Bertz CT molecular complexity index is 435. The van der Waals surface area contributed by atoms with E-state index >= 15 is 0 Å². The number of allylic oxidation sites excluding steroid dienone is 4. The Hall–Kier alpha value is -1.60. The molecule has 1 nitrogen and oxygen atoms in total. The molecule has 1 aromatic carbocycles. The molecule has 0 saturated heterocycles. The van der Waals surface area contributed by atoms with Gasteiger partial charge in [0.1, 0.15) is 11.7 Å². The van der Waals surface area contributed by atoms with Crippen LogP contribution in [0, 0.1) is 6.92 Å². The smallest absolute Gasteiger partial charge is 0.130 e. The van der Waals surface area contributed by atoms with E-state index in [1.54, 1.807) is 0 Å². The maximum atomic E-state index is 2.28. The number of aryl methyl sites for hydroxylation is 1. The Balaban J connectivity index is 2.06. The normalized spacial score (nSPS) is 19.4. The van der Waals surface area contributed by atoms with Gasteiger partial charge in [0, 0.05) is 0 Å². The molecule has 0 aromatic heterocycles. The highest BCUT2D eigenvalue weighted by Gasteiger charge is 2.06. The summed E-state index contributed by atoms with van der Waals surface area (Å²) in [6.07, 6.45) is 10.9. The van der Waals surface area contributed by atoms with Crippen LogP contribution in [0.1, 0.15) is 12.5 Å². The Morgan fingerprint density at radius 3 is 2.50 bits per heavy atom. The predicted molar refractivity (Wildman–Crippen MR) is 68.6 cm³/mol. The van der Waals surface area contributed by atoms with E-state index in [2.05, 4.69) is 73.8 Å². The van der Waals surface area contributed by atoms with Crippen molar-refractivity contribution >= 4 is 5.69 Å². The van der Waals surface area contributed by atoms with Gasteiger partial charge in [0.25, 0.3) is 0 Å². The molecule has 0 amide bonds. The zero-order chi connectivity index (χ0) is 11.4. The van der Waals surface area contributed by atoms with Crippen molar-refractivity contribution in [1.82, 2.24) is 0 Å². The first-order chi connectivity index (χ1) is 7.74. The minimum absolute atomic E-state index is 0.399. The highest BCUT2D eigenvalue weighted by Crippen LogP contribution is 2.05. The van der Waals surface area contributed by atoms with E-state index in [0.717, 1.165) is 0 Å². The maximum Gasteiger partial charge on any atom is 0.130 e. The quantitative estimate of drug-likeness (QED) is 0.726. The fraction of sp³-hybridized carbons (Fsp3) is 0.200. The van der Waals surface area contributed by atoms with Crippen molar-refractivity contribution < 1.29 is 5.32 Å². The van der Waals surface area contributed by atoms with Gasteiger partial charge in [0.15, 0.2) is 0 Å². The number of benzene rings is 1. The number of nitrogens with two attached hydrogens (primary N) is 1. The number of rotatable bonds is 2. The molecule has 1 aromatic rings. The second kappa shape index (κ2) is 4.95. The minimum Gasteiger partial charge on any atom is -0.305 e. The number of quaternary nitrogens is 1. The van der Waals surface area contributed by atoms with E-state index in [-0.39, 0.29) is 0 Å². The van der Waals surface area contributed by atoms with Crippen LogP contribution in [0.5, 0.6) is 0 Å². The summed E-state index contributed by atoms with van der Waals surface area (Å²) in [4.78, 5) is 0. The molecule has 2 rings (SSSR count). The van der Waals surface area contributed by atoms with Crippen LogP contribution in [0.3, 0.4) is 0 Å². The fourth-order valence-electron chi connectivity index (χ4n) is 1.73. The highest BCUT2D eigenvalue weighted by molar-refractivity contribution is 5.33. The van der Waals surface area contributed by atoms with E-state index in [9.17, 15) is 0 Å². The summed E-state index contributed by atoms with van der Waals surface area (Å²) in [6.45, 7) is 4.23. The second-order valence-corrected chi connectivity index (χ2v) is 4.31. The topological polar surface area (TPSA) is 16.6 Å². The van der Waals surface area contributed by atoms with Crippen LogP contribution < -0.4 is 5.32 Å². The van der Waals surface area contributed by atoms with Gasteiger partial charge in [-0.25, -0.2) is 0 Å². The van der Waals surface area contributed by atoms with Crippen LogP contribution >= 0.6 is 0 Å². The third-order valence-electron chi connectivity index (χ3n) is 2.74. The summed E-state index contributed by atoms with van der Waals surface area (Å²) >= 11 is 0. The summed E-state index contributed by atoms with van der Waals surface area (Å²) in [5.41, 5.74) is 3.89. The lowest BCUT2D eigenvalue weighted by atomic mass is 10.2. The van der Waals surface area contributed by atoms with Crippen LogP contribution in [0.4, 0.5) is 5.69 Å². The van der Waals surface area contributed by atoms with Crippen molar-refractivity contribution in [1.29, 1.82) is 0 Å². The van der Waals surface area contributed by atoms with Gasteiger partial charge in [-0.05, 0) is 38.1 Å². The Morgan fingerprint density at radius 2 is 1.75 bits per heavy atom. The maximum absolute atomic E-state index is 2.28. The lowest BCUT2D eigenvalue weighted by Crippen LogP contribution is -2.83. The molecule has 16 heavy (non-hydrogen) atoms. The molecule has 82 valence electrons. The largest absolute Gasteiger partial charge is 0.305 e. The standard InChI is InChI=1S/C15H17N/c1-12-4-3-5-14(9-6-12)16-15-10-7-13(2)8-11-15/h3-11,14,16H,1-2H3/p+1. The number of hydrogen-bond donors (Lipinski definition) is 1. The molecule has 0 spiro atoms. The summed E-state index contributed by atoms with van der Waals surface area (Å²) in [5, 5.41) is 2.28. The van der Waals surface area contributed by atoms with Gasteiger partial charge in [0.05, 0.1) is 0 Å². The molecular weight excluding hydrogens is 194 g/mol. The van der Waals surface area contributed by atoms with Crippen molar-refractivity contribution in [3.8, 4) is 0 Å². The van der Waals surface area contributed by atoms with Crippen molar-refractivity contribution in [2.45, 2.75) is 19.9 Å². The lowest BCUT2D eigenvalue weighted by molar-refractivity contribution is -0.587. The summed E-state index contributed by atoms with van der Waals surface area (Å²) < 4.78 is 0. The van der Waals surface area contributed by atoms with E-state index in [0.29, 0.717) is 6.04 Å². The molecule has 0 aliphatic heterocycles. The SMILES string of the molecule is CC1=CC=CC([NH2+]c2ccc(C)cc2)C=C1. The minimum atomic E-state index is 0.399. The molecule has 0 radical (unpaired) electrons. The van der Waals surface area contributed by atoms with E-state index in [4.69, 9.17) is 0 Å². The van der Waals surface area contributed by atoms with Crippen LogP contribution in [-0.2, 0) is 0 Å². The van der Waals surface area contributed by atoms with E-state index in [1.165, 1.54) is 16.8 Å². The lowest BCUT2D eigenvalue weighted by Gasteiger charge is -2.06. The van der Waals surface area contributed by atoms with Gasteiger partial charge >= 0.3 is 0 Å². The van der Waals surface area contributed by atoms with Crippen molar-refractivity contribution in [3.63, 3.8) is 0 Å². The Kier molecular flexibility index (Phi) is 3.37. The van der Waals surface area contributed by atoms with Crippen molar-refractivity contribution in [3.05, 3.63) is 65.8 Å². The molecule has 1 aliphatic rings. The summed E-state index contributed by atoms with van der Waals surface area (Å²) in [5.74, 6) is 0. The third-order valence-corrected chi connectivity index (χ3v) is 2.74. The van der Waals surface area contributed by atoms with Crippen LogP contribution in [0.15, 0.2) is 60.2 Å². The zero-order valence-electron chi connectivity index (χ0n) is 9.85. The molecule has 1 unspecified atom stereocenters. The Labute approximate surface area is 97.2 Å². The Morgan fingerprint density at radius 1 is 1.00 bits per heavy atom. The molecule has 0 fully saturated rings. The fourth-order valence-corrected chi connectivity index (χ4v) is 1.73. The molecule has 1 atom stereocenters. The predicted octanol–water partition coefficient (Wildman–Crippen LogP) is 2.63. The first-order valence-electron chi connectivity index (χ1n) is 5.69. The van der Waals surface area contributed by atoms with Gasteiger partial charge in [-0.15, -0.1) is 0 Å². The zero-order valence-corrected chi connectivity index (χ0v) is 9.85. The highest BCUT2D eigenvalue weighted by atomic mass is 14.9.